The molecule has 0 bridgehead atoms. The Balaban J connectivity index is 1.49. The van der Waals surface area contributed by atoms with E-state index in [4.69, 9.17) is 15.1 Å². The van der Waals surface area contributed by atoms with Gasteiger partial charge in [-0.2, -0.15) is 5.10 Å². The van der Waals surface area contributed by atoms with Crippen molar-refractivity contribution in [2.24, 2.45) is 9.98 Å². The largest absolute Gasteiger partial charge is 0.337 e. The highest BCUT2D eigenvalue weighted by molar-refractivity contribution is 9.10. The van der Waals surface area contributed by atoms with Crippen molar-refractivity contribution in [1.29, 1.82) is 0 Å². The van der Waals surface area contributed by atoms with Crippen LogP contribution in [0.1, 0.15) is 22.2 Å². The summed E-state index contributed by atoms with van der Waals surface area (Å²) in [6.07, 6.45) is 0. The fourth-order valence-corrected chi connectivity index (χ4v) is 6.02. The Morgan fingerprint density at radius 1 is 0.865 bits per heavy atom. The molecule has 4 heterocycles. The number of anilines is 2. The smallest absolute Gasteiger partial charge is 0.179 e. The van der Waals surface area contributed by atoms with Crippen molar-refractivity contribution in [2.45, 2.75) is 13.0 Å². The van der Waals surface area contributed by atoms with E-state index in [0.29, 0.717) is 5.84 Å². The molecule has 0 saturated carbocycles. The summed E-state index contributed by atoms with van der Waals surface area (Å²) >= 11 is 5.27. The van der Waals surface area contributed by atoms with E-state index in [0.717, 1.165) is 50.1 Å². The summed E-state index contributed by atoms with van der Waals surface area (Å²) in [4.78, 5) is 13.8. The molecule has 0 aliphatic carbocycles. The molecule has 180 valence electrons. The van der Waals surface area contributed by atoms with E-state index in [1.54, 1.807) is 11.3 Å². The first kappa shape index (κ1) is 22.2. The second-order valence-electron chi connectivity index (χ2n) is 8.87. The van der Waals surface area contributed by atoms with Gasteiger partial charge in [-0.3, -0.25) is 0 Å². The predicted octanol–water partition coefficient (Wildman–Crippen LogP) is 7.80. The molecule has 2 aliphatic heterocycles. The van der Waals surface area contributed by atoms with Crippen LogP contribution >= 0.6 is 27.3 Å². The van der Waals surface area contributed by atoms with E-state index >= 15 is 0 Å². The zero-order chi connectivity index (χ0) is 24.9. The van der Waals surface area contributed by atoms with Crippen LogP contribution in [0.25, 0.3) is 5.69 Å². The van der Waals surface area contributed by atoms with Crippen LogP contribution in [-0.2, 0) is 0 Å². The summed E-state index contributed by atoms with van der Waals surface area (Å²) in [5, 5.41) is 10.6. The minimum Gasteiger partial charge on any atom is -0.337 e. The van der Waals surface area contributed by atoms with Gasteiger partial charge in [0.2, 0.25) is 0 Å². The minimum absolute atomic E-state index is 0.0849. The second kappa shape index (κ2) is 8.83. The van der Waals surface area contributed by atoms with E-state index in [2.05, 4.69) is 80.9 Å². The van der Waals surface area contributed by atoms with Crippen LogP contribution in [0.15, 0.2) is 111 Å². The third-order valence-electron chi connectivity index (χ3n) is 6.56. The van der Waals surface area contributed by atoms with Gasteiger partial charge >= 0.3 is 0 Å². The maximum absolute atomic E-state index is 5.26. The predicted molar refractivity (Wildman–Crippen MR) is 155 cm³/mol. The number of halogens is 1. The molecule has 0 spiro atoms. The van der Waals surface area contributed by atoms with Crippen LogP contribution in [0.3, 0.4) is 0 Å². The molecule has 0 radical (unpaired) electrons. The van der Waals surface area contributed by atoms with Crippen molar-refractivity contribution in [1.82, 2.24) is 9.78 Å². The zero-order valence-electron chi connectivity index (χ0n) is 19.8. The second-order valence-corrected chi connectivity index (χ2v) is 10.8. The van der Waals surface area contributed by atoms with Crippen LogP contribution in [0, 0.1) is 6.92 Å². The molecule has 5 aromatic rings. The normalized spacial score (nSPS) is 15.8. The highest BCUT2D eigenvalue weighted by Gasteiger charge is 2.41. The van der Waals surface area contributed by atoms with Gasteiger partial charge < -0.3 is 10.2 Å². The lowest BCUT2D eigenvalue weighted by molar-refractivity contribution is 0.830. The molecule has 0 saturated heterocycles. The minimum atomic E-state index is -0.0849. The monoisotopic (exact) mass is 564 g/mol. The highest BCUT2D eigenvalue weighted by atomic mass is 79.9. The maximum Gasteiger partial charge on any atom is 0.179 e. The number of fused-ring (bicyclic) bond motifs is 4. The molecule has 1 atom stereocenters. The topological polar surface area (TPSA) is 57.8 Å². The van der Waals surface area contributed by atoms with Crippen molar-refractivity contribution in [2.75, 3.05) is 10.2 Å². The van der Waals surface area contributed by atoms with Gasteiger partial charge in [-0.05, 0) is 66.9 Å². The lowest BCUT2D eigenvalue weighted by Gasteiger charge is -2.40. The number of aliphatic imine (C=N–C) groups is 2. The number of hydrogen-bond acceptors (Lipinski definition) is 6. The van der Waals surface area contributed by atoms with E-state index in [1.807, 2.05) is 53.2 Å². The summed E-state index contributed by atoms with van der Waals surface area (Å²) in [6, 6.07) is 30.7. The summed E-state index contributed by atoms with van der Waals surface area (Å²) in [7, 11) is 0. The number of nitrogens with one attached hydrogen (secondary N) is 1. The van der Waals surface area contributed by atoms with Crippen LogP contribution in [-0.4, -0.2) is 21.5 Å². The van der Waals surface area contributed by atoms with Gasteiger partial charge in [0.15, 0.2) is 17.5 Å². The number of rotatable bonds is 3. The Morgan fingerprint density at radius 2 is 1.65 bits per heavy atom. The van der Waals surface area contributed by atoms with Gasteiger partial charge in [0.25, 0.3) is 0 Å². The molecule has 3 aromatic carbocycles. The first-order valence-electron chi connectivity index (χ1n) is 11.9. The number of amidine groups is 2. The molecule has 2 aromatic heterocycles. The van der Waals surface area contributed by atoms with Gasteiger partial charge in [-0.1, -0.05) is 52.3 Å². The van der Waals surface area contributed by atoms with Crippen LogP contribution in [0.4, 0.5) is 22.9 Å². The van der Waals surface area contributed by atoms with E-state index < -0.39 is 0 Å². The van der Waals surface area contributed by atoms with Crippen molar-refractivity contribution in [3.05, 3.63) is 117 Å². The number of benzene rings is 3. The molecule has 7 rings (SSSR count). The first-order valence-corrected chi connectivity index (χ1v) is 13.6. The lowest BCUT2D eigenvalue weighted by Crippen LogP contribution is -2.46. The van der Waals surface area contributed by atoms with E-state index in [9.17, 15) is 0 Å². The summed E-state index contributed by atoms with van der Waals surface area (Å²) in [6.45, 7) is 2.07. The molecule has 0 amide bonds. The molecule has 2 aliphatic rings. The molecule has 0 fully saturated rings. The lowest BCUT2D eigenvalue weighted by atomic mass is 9.98. The number of hydrogen-bond donors (Lipinski definition) is 1. The Morgan fingerprint density at radius 3 is 2.43 bits per heavy atom. The van der Waals surface area contributed by atoms with Crippen LogP contribution in [0.2, 0.25) is 0 Å². The van der Waals surface area contributed by atoms with Gasteiger partial charge in [-0.25, -0.2) is 14.7 Å². The molecular formula is C29H21BrN6S. The zero-order valence-corrected chi connectivity index (χ0v) is 22.2. The number of para-hydroxylation sites is 3. The Hall–Kier alpha value is -4.01. The summed E-state index contributed by atoms with van der Waals surface area (Å²) < 4.78 is 2.98. The quantitative estimate of drug-likeness (QED) is 0.243. The van der Waals surface area contributed by atoms with Gasteiger partial charge in [0.1, 0.15) is 6.04 Å². The average molecular weight is 566 g/mol. The molecule has 1 N–H and O–H groups in total. The summed E-state index contributed by atoms with van der Waals surface area (Å²) in [5.74, 6) is 2.30. The number of aromatic nitrogens is 2. The van der Waals surface area contributed by atoms with Crippen molar-refractivity contribution in [3.8, 4) is 5.69 Å². The van der Waals surface area contributed by atoms with E-state index in [1.165, 1.54) is 4.88 Å². The molecule has 8 heteroatoms. The Bertz CT molecular complexity index is 1670. The molecule has 37 heavy (non-hydrogen) atoms. The van der Waals surface area contributed by atoms with Gasteiger partial charge in [0.05, 0.1) is 22.8 Å². The van der Waals surface area contributed by atoms with E-state index in [-0.39, 0.29) is 6.04 Å². The Labute approximate surface area is 226 Å². The van der Waals surface area contributed by atoms with Crippen molar-refractivity contribution >= 4 is 61.8 Å². The Kier molecular flexibility index (Phi) is 5.30. The van der Waals surface area contributed by atoms with Crippen LogP contribution < -0.4 is 10.2 Å². The first-order chi connectivity index (χ1) is 18.2. The molecular weight excluding hydrogens is 544 g/mol. The third kappa shape index (κ3) is 3.72. The fourth-order valence-electron chi connectivity index (χ4n) is 4.93. The third-order valence-corrected chi connectivity index (χ3v) is 8.01. The number of nitrogens with zero attached hydrogens (tertiary/aromatic N) is 5. The SMILES string of the molecule is Cc1nn(-c2ccccc2)c2c1[C@@H](c1cccs1)N1C(=N2)C(Nc2ccc(Br)cc2)=Nc2ccccc21. The average Bonchev–Trinajstić information content (AvgIpc) is 3.58. The van der Waals surface area contributed by atoms with Gasteiger partial charge in [0, 0.05) is 20.6 Å². The summed E-state index contributed by atoms with van der Waals surface area (Å²) in [5.41, 5.74) is 5.91. The van der Waals surface area contributed by atoms with Crippen molar-refractivity contribution in [3.63, 3.8) is 0 Å². The van der Waals surface area contributed by atoms with Crippen molar-refractivity contribution < 1.29 is 0 Å². The molecule has 0 unspecified atom stereocenters. The van der Waals surface area contributed by atoms with Gasteiger partial charge in [-0.15, -0.1) is 11.3 Å². The molecule has 6 nitrogen and oxygen atoms in total. The standard InChI is InChI=1S/C29H21BrN6S/c1-18-25-26(24-12-7-17-37-24)35-23-11-6-5-10-22(23)32-27(31-20-15-13-19(30)14-16-20)29(35)33-28(25)36(34-18)21-8-3-2-4-9-21/h2-17,26H,1H3,(H,31,32)/t26-/m1/s1. The van der Waals surface area contributed by atoms with Crippen LogP contribution in [0.5, 0.6) is 0 Å². The maximum atomic E-state index is 5.26. The highest BCUT2D eigenvalue weighted by Crippen LogP contribution is 2.49. The fraction of sp³-hybridized carbons (Fsp3) is 0.0690. The number of thiophene rings is 1. The number of aryl methyl sites for hydroxylation is 1.